The number of fused-ring (bicyclic) bond motifs is 7. The second-order valence-corrected chi connectivity index (χ2v) is 19.8. The van der Waals surface area contributed by atoms with Gasteiger partial charge in [0.25, 0.3) is 0 Å². The number of aryl methyl sites for hydroxylation is 4. The molecule has 313 valence electrons. The van der Waals surface area contributed by atoms with Crippen molar-refractivity contribution >= 4 is 64.1 Å². The molecule has 6 heteroatoms. The first-order valence-corrected chi connectivity index (χ1v) is 22.1. The van der Waals surface area contributed by atoms with E-state index in [4.69, 9.17) is 9.97 Å². The van der Waals surface area contributed by atoms with E-state index >= 15 is 0 Å². The molecule has 0 atom stereocenters. The normalized spacial score (nSPS) is 12.0. The van der Waals surface area contributed by atoms with E-state index in [1.165, 1.54) is 64.3 Å². The van der Waals surface area contributed by atoms with Crippen molar-refractivity contribution in [3.8, 4) is 28.3 Å². The third-order valence-corrected chi connectivity index (χ3v) is 12.8. The van der Waals surface area contributed by atoms with Gasteiger partial charge in [-0.25, -0.2) is 0 Å². The van der Waals surface area contributed by atoms with Crippen LogP contribution in [0.2, 0.25) is 0 Å². The van der Waals surface area contributed by atoms with Gasteiger partial charge in [-0.05, 0) is 93.5 Å². The number of imidazole rings is 1. The van der Waals surface area contributed by atoms with Gasteiger partial charge in [-0.1, -0.05) is 151 Å². The summed E-state index contributed by atoms with van der Waals surface area (Å²) in [7, 11) is 0. The van der Waals surface area contributed by atoms with Crippen molar-refractivity contribution in [3.05, 3.63) is 167 Å². The zero-order chi connectivity index (χ0) is 42.8. The van der Waals surface area contributed by atoms with Crippen LogP contribution < -0.4 is 0 Å². The number of thiophene rings is 1. The van der Waals surface area contributed by atoms with Crippen molar-refractivity contribution in [2.24, 2.45) is 5.41 Å². The molecule has 4 aromatic heterocycles. The zero-order valence-corrected chi connectivity index (χ0v) is 40.5. The maximum absolute atomic E-state index is 4.92. The summed E-state index contributed by atoms with van der Waals surface area (Å²) in [5.74, 6) is 0.892. The number of hydrogen-bond donors (Lipinski definition) is 0. The Bertz CT molecular complexity index is 3280. The largest absolute Gasteiger partial charge is 0.354 e. The van der Waals surface area contributed by atoms with Gasteiger partial charge in [0.05, 0.1) is 16.9 Å². The van der Waals surface area contributed by atoms with Crippen LogP contribution in [0.4, 0.5) is 0 Å². The van der Waals surface area contributed by atoms with E-state index in [0.29, 0.717) is 0 Å². The molecule has 0 aliphatic carbocycles. The minimum absolute atomic E-state index is 0. The second kappa shape index (κ2) is 16.6. The molecule has 10 rings (SSSR count). The first-order valence-electron chi connectivity index (χ1n) is 21.2. The Morgan fingerprint density at radius 2 is 1.39 bits per heavy atom. The summed E-state index contributed by atoms with van der Waals surface area (Å²) in [6.45, 7) is 22.1. The van der Waals surface area contributed by atoms with Crippen LogP contribution >= 0.6 is 11.3 Å². The fraction of sp³-hybridized carbons (Fsp3) is 0.232. The molecule has 4 heterocycles. The van der Waals surface area contributed by atoms with E-state index < -0.39 is 0 Å². The van der Waals surface area contributed by atoms with Crippen LogP contribution in [0.15, 0.2) is 121 Å². The summed E-state index contributed by atoms with van der Waals surface area (Å²) in [5.41, 5.74) is 13.7. The average Bonchev–Trinajstić information content (AvgIpc) is 3.79. The predicted molar refractivity (Wildman–Crippen MR) is 260 cm³/mol. The van der Waals surface area contributed by atoms with E-state index in [-0.39, 0.29) is 30.9 Å². The maximum atomic E-state index is 4.92. The van der Waals surface area contributed by atoms with Crippen LogP contribution in [0.5, 0.6) is 0 Å². The van der Waals surface area contributed by atoms with E-state index in [9.17, 15) is 0 Å². The number of rotatable bonds is 4. The quantitative estimate of drug-likeness (QED) is 0.165. The molecule has 0 saturated carbocycles. The molecule has 62 heavy (non-hydrogen) atoms. The third kappa shape index (κ3) is 8.13. The fourth-order valence-electron chi connectivity index (χ4n) is 8.87. The van der Waals surface area contributed by atoms with Gasteiger partial charge >= 0.3 is 0 Å². The fourth-order valence-corrected chi connectivity index (χ4v) is 10.2. The molecule has 1 radical (unpaired) electrons. The molecule has 0 aliphatic heterocycles. The van der Waals surface area contributed by atoms with E-state index in [0.717, 1.165) is 56.9 Å². The SMILES string of the molecule is CC(C)(C)Cc1ccc2c(ccc3c4ccnc(-c5[c-]c6ccccc6c(C(C)(C)C)c5)c4sc23)c1.Cc1c[c-]c(-c2nc3ccccc3n2-c2c(C)cccc2C)c(C)n1.[Ir]. The van der Waals surface area contributed by atoms with Crippen molar-refractivity contribution in [2.45, 2.75) is 81.1 Å². The summed E-state index contributed by atoms with van der Waals surface area (Å²) in [5, 5.41) is 7.66. The van der Waals surface area contributed by atoms with Crippen molar-refractivity contribution in [2.75, 3.05) is 0 Å². The van der Waals surface area contributed by atoms with Gasteiger partial charge in [0.1, 0.15) is 0 Å². The summed E-state index contributed by atoms with van der Waals surface area (Å²) in [4.78, 5) is 14.5. The molecule has 0 bridgehead atoms. The molecule has 10 aromatic rings. The first-order chi connectivity index (χ1) is 29.1. The minimum Gasteiger partial charge on any atom is -0.354 e. The molecule has 6 aromatic carbocycles. The number of hydrogen-bond acceptors (Lipinski definition) is 4. The summed E-state index contributed by atoms with van der Waals surface area (Å²) < 4.78 is 4.83. The maximum Gasteiger partial charge on any atom is 0.0774 e. The summed E-state index contributed by atoms with van der Waals surface area (Å²) in [6, 6.07) is 48.3. The van der Waals surface area contributed by atoms with Gasteiger partial charge < -0.3 is 9.55 Å². The van der Waals surface area contributed by atoms with Crippen molar-refractivity contribution in [1.29, 1.82) is 0 Å². The van der Waals surface area contributed by atoms with E-state index in [1.807, 2.05) is 43.5 Å². The summed E-state index contributed by atoms with van der Waals surface area (Å²) >= 11 is 1.87. The van der Waals surface area contributed by atoms with Crippen LogP contribution in [0, 0.1) is 45.2 Å². The Labute approximate surface area is 383 Å². The number of aromatic nitrogens is 4. The Hall–Kier alpha value is -5.52. The Morgan fingerprint density at radius 1 is 0.677 bits per heavy atom. The predicted octanol–water partition coefficient (Wildman–Crippen LogP) is 15.2. The molecule has 0 amide bonds. The number of para-hydroxylation sites is 3. The summed E-state index contributed by atoms with van der Waals surface area (Å²) in [6.07, 6.45) is 3.04. The standard InChI is InChI=1S/C34H32NS.C22H20N3.Ir/c1-33(2,3)20-21-11-13-26-23(17-21)12-14-27-28-15-16-35-30(32(28)36-31(26)27)24-18-22-9-7-8-10-25(22)29(19-24)34(4,5)6;1-14-8-7-9-15(2)21(14)25-20-11-6-5-10-19(20)24-22(25)18-13-12-16(3)23-17(18)4;/h7-17,19H,20H2,1-6H3;5-12H,1-4H3;/q2*-1;. The molecule has 4 nitrogen and oxygen atoms in total. The van der Waals surface area contributed by atoms with Crippen LogP contribution in [0.25, 0.3) is 81.1 Å². The second-order valence-electron chi connectivity index (χ2n) is 18.8. The molecule has 0 N–H and O–H groups in total. The van der Waals surface area contributed by atoms with Gasteiger partial charge in [0.2, 0.25) is 0 Å². The van der Waals surface area contributed by atoms with Crippen molar-refractivity contribution in [1.82, 2.24) is 19.5 Å². The monoisotopic (exact) mass is 1010 g/mol. The number of pyridine rings is 2. The first kappa shape index (κ1) is 43.1. The van der Waals surface area contributed by atoms with Crippen LogP contribution in [0.3, 0.4) is 0 Å². The Kier molecular flexibility index (Phi) is 11.6. The van der Waals surface area contributed by atoms with Crippen molar-refractivity contribution in [3.63, 3.8) is 0 Å². The van der Waals surface area contributed by atoms with Gasteiger partial charge in [0, 0.05) is 52.5 Å². The van der Waals surface area contributed by atoms with Gasteiger partial charge in [0.15, 0.2) is 0 Å². The molecule has 0 spiro atoms. The van der Waals surface area contributed by atoms with Crippen LogP contribution in [-0.2, 0) is 31.9 Å². The van der Waals surface area contributed by atoms with Crippen LogP contribution in [0.1, 0.15) is 75.2 Å². The smallest absolute Gasteiger partial charge is 0.0774 e. The molecule has 0 fully saturated rings. The van der Waals surface area contributed by atoms with Gasteiger partial charge in [-0.15, -0.1) is 52.6 Å². The molecular weight excluding hydrogens is 953 g/mol. The molecular formula is C56H52IrN4S-2. The number of nitrogens with zero attached hydrogens (tertiary/aromatic N) is 4. The van der Waals surface area contributed by atoms with E-state index in [2.05, 4.69) is 180 Å². The van der Waals surface area contributed by atoms with Crippen LogP contribution in [-0.4, -0.2) is 19.5 Å². The van der Waals surface area contributed by atoms with E-state index in [1.54, 1.807) is 0 Å². The molecule has 0 unspecified atom stereocenters. The number of benzene rings is 6. The van der Waals surface area contributed by atoms with Crippen molar-refractivity contribution < 1.29 is 20.1 Å². The molecule has 0 saturated heterocycles. The minimum atomic E-state index is 0. The third-order valence-electron chi connectivity index (χ3n) is 11.6. The Morgan fingerprint density at radius 3 is 2.13 bits per heavy atom. The Balaban J connectivity index is 0.000000179. The molecule has 0 aliphatic rings. The average molecular weight is 1010 g/mol. The van der Waals surface area contributed by atoms with Gasteiger partial charge in [-0.2, -0.15) is 0 Å². The topological polar surface area (TPSA) is 43.6 Å². The van der Waals surface area contributed by atoms with Gasteiger partial charge in [-0.3, -0.25) is 9.97 Å². The zero-order valence-electron chi connectivity index (χ0n) is 37.3.